The quantitative estimate of drug-likeness (QED) is 0.603. The maximum atomic E-state index is 11.9. The fourth-order valence-corrected chi connectivity index (χ4v) is 2.53. The standard InChI is InChI=1S/C16H31N3O2/c1-2-3-4-5-6-7-8-9-15(20)18-14-16(21)19-12-10-17-11-13-19/h17H,2-14H2,1H3,(H,18,20). The van der Waals surface area contributed by atoms with E-state index in [2.05, 4.69) is 17.6 Å². The fraction of sp³-hybridized carbons (Fsp3) is 0.875. The van der Waals surface area contributed by atoms with Crippen LogP contribution in [0.15, 0.2) is 0 Å². The zero-order chi connectivity index (χ0) is 15.3. The van der Waals surface area contributed by atoms with Gasteiger partial charge in [-0.1, -0.05) is 45.4 Å². The average Bonchev–Trinajstić information content (AvgIpc) is 2.52. The van der Waals surface area contributed by atoms with Gasteiger partial charge < -0.3 is 15.5 Å². The van der Waals surface area contributed by atoms with Crippen LogP contribution >= 0.6 is 0 Å². The minimum Gasteiger partial charge on any atom is -0.347 e. The molecule has 0 aliphatic carbocycles. The molecule has 0 atom stereocenters. The van der Waals surface area contributed by atoms with Gasteiger partial charge in [0.15, 0.2) is 0 Å². The molecule has 0 saturated carbocycles. The third kappa shape index (κ3) is 8.71. The molecule has 1 aliphatic heterocycles. The van der Waals surface area contributed by atoms with Gasteiger partial charge in [-0.3, -0.25) is 9.59 Å². The van der Waals surface area contributed by atoms with Crippen LogP contribution in [0.3, 0.4) is 0 Å². The van der Waals surface area contributed by atoms with Gasteiger partial charge in [-0.25, -0.2) is 0 Å². The number of piperazine rings is 1. The van der Waals surface area contributed by atoms with E-state index < -0.39 is 0 Å². The third-order valence-corrected chi connectivity index (χ3v) is 3.91. The van der Waals surface area contributed by atoms with Crippen molar-refractivity contribution in [2.75, 3.05) is 32.7 Å². The number of amides is 2. The molecule has 0 aromatic rings. The van der Waals surface area contributed by atoms with E-state index in [1.54, 1.807) is 0 Å². The van der Waals surface area contributed by atoms with Crippen molar-refractivity contribution in [2.24, 2.45) is 0 Å². The number of carbonyl (C=O) groups is 2. The molecule has 0 bridgehead atoms. The van der Waals surface area contributed by atoms with Gasteiger partial charge in [0.25, 0.3) is 0 Å². The number of unbranched alkanes of at least 4 members (excludes halogenated alkanes) is 6. The Kier molecular flexibility index (Phi) is 9.87. The van der Waals surface area contributed by atoms with Gasteiger partial charge in [0.05, 0.1) is 6.54 Å². The zero-order valence-electron chi connectivity index (χ0n) is 13.5. The summed E-state index contributed by atoms with van der Waals surface area (Å²) in [6, 6.07) is 0. The molecule has 21 heavy (non-hydrogen) atoms. The van der Waals surface area contributed by atoms with E-state index in [1.807, 2.05) is 4.90 Å². The monoisotopic (exact) mass is 297 g/mol. The number of nitrogens with one attached hydrogen (secondary N) is 2. The highest BCUT2D eigenvalue weighted by Crippen LogP contribution is 2.08. The Morgan fingerprint density at radius 2 is 1.62 bits per heavy atom. The molecule has 0 spiro atoms. The largest absolute Gasteiger partial charge is 0.347 e. The summed E-state index contributed by atoms with van der Waals surface area (Å²) in [7, 11) is 0. The molecular weight excluding hydrogens is 266 g/mol. The minimum atomic E-state index is 0.00652. The Morgan fingerprint density at radius 1 is 1.00 bits per heavy atom. The summed E-state index contributed by atoms with van der Waals surface area (Å²) in [5.74, 6) is 0.0384. The van der Waals surface area contributed by atoms with Crippen LogP contribution in [0.4, 0.5) is 0 Å². The topological polar surface area (TPSA) is 61.4 Å². The lowest BCUT2D eigenvalue weighted by Gasteiger charge is -2.27. The smallest absolute Gasteiger partial charge is 0.242 e. The Morgan fingerprint density at radius 3 is 2.29 bits per heavy atom. The Balaban J connectivity index is 1.96. The van der Waals surface area contributed by atoms with E-state index in [0.717, 1.165) is 39.0 Å². The molecular formula is C16H31N3O2. The Bertz CT molecular complexity index is 302. The zero-order valence-corrected chi connectivity index (χ0v) is 13.5. The normalized spacial score (nSPS) is 15.0. The molecule has 0 unspecified atom stereocenters. The van der Waals surface area contributed by atoms with Gasteiger partial charge >= 0.3 is 0 Å². The van der Waals surface area contributed by atoms with Crippen LogP contribution in [-0.4, -0.2) is 49.4 Å². The van der Waals surface area contributed by atoms with Gasteiger partial charge in [-0.15, -0.1) is 0 Å². The second-order valence-corrected chi connectivity index (χ2v) is 5.78. The average molecular weight is 297 g/mol. The molecule has 122 valence electrons. The van der Waals surface area contributed by atoms with Crippen molar-refractivity contribution >= 4 is 11.8 Å². The summed E-state index contributed by atoms with van der Waals surface area (Å²) in [6.45, 7) is 5.54. The summed E-state index contributed by atoms with van der Waals surface area (Å²) in [6.07, 6.45) is 8.97. The molecule has 1 saturated heterocycles. The van der Waals surface area contributed by atoms with Crippen molar-refractivity contribution in [1.82, 2.24) is 15.5 Å². The number of hydrogen-bond acceptors (Lipinski definition) is 3. The van der Waals surface area contributed by atoms with Crippen LogP contribution in [-0.2, 0) is 9.59 Å². The first kappa shape index (κ1) is 18.0. The number of carbonyl (C=O) groups excluding carboxylic acids is 2. The molecule has 0 aromatic heterocycles. The third-order valence-electron chi connectivity index (χ3n) is 3.91. The van der Waals surface area contributed by atoms with Crippen molar-refractivity contribution in [3.8, 4) is 0 Å². The van der Waals surface area contributed by atoms with Crippen molar-refractivity contribution in [1.29, 1.82) is 0 Å². The molecule has 0 aromatic carbocycles. The lowest BCUT2D eigenvalue weighted by Crippen LogP contribution is -2.49. The first-order valence-electron chi connectivity index (χ1n) is 8.49. The predicted octanol–water partition coefficient (Wildman–Crippen LogP) is 1.68. The molecule has 1 heterocycles. The van der Waals surface area contributed by atoms with Gasteiger partial charge in [0.2, 0.25) is 11.8 Å². The van der Waals surface area contributed by atoms with Gasteiger partial charge in [-0.2, -0.15) is 0 Å². The number of rotatable bonds is 10. The molecule has 1 fully saturated rings. The first-order valence-corrected chi connectivity index (χ1v) is 8.49. The van der Waals surface area contributed by atoms with Crippen LogP contribution < -0.4 is 10.6 Å². The minimum absolute atomic E-state index is 0.00652. The fourth-order valence-electron chi connectivity index (χ4n) is 2.53. The van der Waals surface area contributed by atoms with Crippen molar-refractivity contribution < 1.29 is 9.59 Å². The Labute approximate surface area is 128 Å². The second kappa shape index (κ2) is 11.5. The van der Waals surface area contributed by atoms with Crippen LogP contribution in [0.2, 0.25) is 0 Å². The van der Waals surface area contributed by atoms with Crippen LogP contribution in [0.25, 0.3) is 0 Å². The maximum absolute atomic E-state index is 11.9. The molecule has 5 heteroatoms. The molecule has 2 amide bonds. The van der Waals surface area contributed by atoms with Crippen LogP contribution in [0.5, 0.6) is 0 Å². The number of hydrogen-bond donors (Lipinski definition) is 2. The van der Waals surface area contributed by atoms with Crippen LogP contribution in [0.1, 0.15) is 58.3 Å². The van der Waals surface area contributed by atoms with E-state index in [9.17, 15) is 9.59 Å². The predicted molar refractivity (Wildman–Crippen MR) is 85.1 cm³/mol. The molecule has 2 N–H and O–H groups in total. The van der Waals surface area contributed by atoms with E-state index in [1.165, 1.54) is 32.1 Å². The summed E-state index contributed by atoms with van der Waals surface area (Å²) < 4.78 is 0. The van der Waals surface area contributed by atoms with Crippen molar-refractivity contribution in [3.05, 3.63) is 0 Å². The summed E-state index contributed by atoms with van der Waals surface area (Å²) in [5.41, 5.74) is 0. The maximum Gasteiger partial charge on any atom is 0.242 e. The van der Waals surface area contributed by atoms with Gasteiger partial charge in [0.1, 0.15) is 0 Å². The highest BCUT2D eigenvalue weighted by molar-refractivity contribution is 5.84. The highest BCUT2D eigenvalue weighted by atomic mass is 16.2. The Hall–Kier alpha value is -1.10. The summed E-state index contributed by atoms with van der Waals surface area (Å²) >= 11 is 0. The van der Waals surface area contributed by atoms with E-state index >= 15 is 0 Å². The second-order valence-electron chi connectivity index (χ2n) is 5.78. The summed E-state index contributed by atoms with van der Waals surface area (Å²) in [5, 5.41) is 5.95. The molecule has 0 radical (unpaired) electrons. The molecule has 1 aliphatic rings. The SMILES string of the molecule is CCCCCCCCCC(=O)NCC(=O)N1CCNCC1. The van der Waals surface area contributed by atoms with Gasteiger partial charge in [0, 0.05) is 32.6 Å². The van der Waals surface area contributed by atoms with Crippen molar-refractivity contribution in [2.45, 2.75) is 58.3 Å². The lowest BCUT2D eigenvalue weighted by atomic mass is 10.1. The van der Waals surface area contributed by atoms with E-state index in [-0.39, 0.29) is 18.4 Å². The highest BCUT2D eigenvalue weighted by Gasteiger charge is 2.16. The molecule has 5 nitrogen and oxygen atoms in total. The van der Waals surface area contributed by atoms with Gasteiger partial charge in [-0.05, 0) is 6.42 Å². The van der Waals surface area contributed by atoms with Crippen LogP contribution in [0, 0.1) is 0 Å². The number of nitrogens with zero attached hydrogens (tertiary/aromatic N) is 1. The molecule has 1 rings (SSSR count). The van der Waals surface area contributed by atoms with E-state index in [0.29, 0.717) is 6.42 Å². The lowest BCUT2D eigenvalue weighted by molar-refractivity contribution is -0.133. The summed E-state index contributed by atoms with van der Waals surface area (Å²) in [4.78, 5) is 25.3. The first-order chi connectivity index (χ1) is 10.2. The van der Waals surface area contributed by atoms with E-state index in [4.69, 9.17) is 0 Å². The van der Waals surface area contributed by atoms with Crippen molar-refractivity contribution in [3.63, 3.8) is 0 Å².